The lowest BCUT2D eigenvalue weighted by Crippen LogP contribution is -2.14. The fraction of sp³-hybridized carbons (Fsp3) is 0.286. The Morgan fingerprint density at radius 2 is 1.78 bits per heavy atom. The maximum Gasteiger partial charge on any atom is 0.371 e. The Hall–Kier alpha value is -2.10. The van der Waals surface area contributed by atoms with E-state index >= 15 is 0 Å². The first-order valence-corrected chi connectivity index (χ1v) is 5.80. The molecule has 0 aliphatic rings. The number of hydrogen-bond acceptors (Lipinski definition) is 3. The number of allylic oxidation sites excluding steroid dienone is 1. The fourth-order valence-corrected chi connectivity index (χ4v) is 1.61. The van der Waals surface area contributed by atoms with Gasteiger partial charge in [0, 0.05) is 11.1 Å². The molecule has 0 heterocycles. The van der Waals surface area contributed by atoms with Crippen LogP contribution in [0.15, 0.2) is 41.7 Å². The van der Waals surface area contributed by atoms with Crippen molar-refractivity contribution in [3.63, 3.8) is 0 Å². The van der Waals surface area contributed by atoms with Crippen LogP contribution in [0.2, 0.25) is 0 Å². The maximum atomic E-state index is 12.2. The van der Waals surface area contributed by atoms with E-state index in [9.17, 15) is 9.59 Å². The van der Waals surface area contributed by atoms with Gasteiger partial charge in [0.1, 0.15) is 0 Å². The molecule has 1 rings (SSSR count). The summed E-state index contributed by atoms with van der Waals surface area (Å²) in [6.45, 7) is 3.63. The average molecular weight is 248 g/mol. The van der Waals surface area contributed by atoms with Gasteiger partial charge in [-0.05, 0) is 13.3 Å². The van der Waals surface area contributed by atoms with Crippen LogP contribution in [0.25, 0.3) is 0 Å². The number of carboxylic acid groups (broad SMARTS) is 1. The van der Waals surface area contributed by atoms with Gasteiger partial charge >= 0.3 is 5.97 Å². The number of carbonyl (C=O) groups is 2. The van der Waals surface area contributed by atoms with Gasteiger partial charge < -0.3 is 9.84 Å². The summed E-state index contributed by atoms with van der Waals surface area (Å²) in [5, 5.41) is 9.07. The Labute approximate surface area is 106 Å². The Kier molecular flexibility index (Phi) is 5.11. The standard InChI is InChI=1S/C14H16O4/c1-3-11(13(14(16)17)18-4-2)12(15)10-8-6-5-7-9-10/h5-9H,3-4H2,1-2H3,(H,16,17). The van der Waals surface area contributed by atoms with Crippen molar-refractivity contribution in [2.75, 3.05) is 6.61 Å². The van der Waals surface area contributed by atoms with E-state index in [2.05, 4.69) is 0 Å². The molecule has 0 spiro atoms. The molecule has 1 N–H and O–H groups in total. The average Bonchev–Trinajstić information content (AvgIpc) is 2.39. The molecule has 0 aromatic heterocycles. The largest absolute Gasteiger partial charge is 0.487 e. The van der Waals surface area contributed by atoms with Gasteiger partial charge in [0.2, 0.25) is 5.76 Å². The van der Waals surface area contributed by atoms with Gasteiger partial charge in [-0.2, -0.15) is 0 Å². The van der Waals surface area contributed by atoms with Crippen LogP contribution >= 0.6 is 0 Å². The molecule has 0 fully saturated rings. The lowest BCUT2D eigenvalue weighted by atomic mass is 10.00. The number of carbonyl (C=O) groups excluding carboxylic acids is 1. The highest BCUT2D eigenvalue weighted by Gasteiger charge is 2.21. The van der Waals surface area contributed by atoms with E-state index < -0.39 is 5.97 Å². The molecule has 0 saturated heterocycles. The normalized spacial score (nSPS) is 11.7. The number of Topliss-reactive ketones (excluding diaryl/α,β-unsaturated/α-hetero) is 1. The molecule has 0 saturated carbocycles. The highest BCUT2D eigenvalue weighted by atomic mass is 16.5. The fourth-order valence-electron chi connectivity index (χ4n) is 1.61. The van der Waals surface area contributed by atoms with E-state index in [4.69, 9.17) is 9.84 Å². The third-order valence-electron chi connectivity index (χ3n) is 2.42. The smallest absolute Gasteiger partial charge is 0.371 e. The summed E-state index contributed by atoms with van der Waals surface area (Å²) in [6, 6.07) is 8.59. The zero-order valence-corrected chi connectivity index (χ0v) is 10.5. The summed E-state index contributed by atoms with van der Waals surface area (Å²) >= 11 is 0. The zero-order chi connectivity index (χ0) is 13.5. The Bertz CT molecular complexity index is 460. The Morgan fingerprint density at radius 3 is 2.22 bits per heavy atom. The number of benzene rings is 1. The molecule has 4 nitrogen and oxygen atoms in total. The third-order valence-corrected chi connectivity index (χ3v) is 2.42. The monoisotopic (exact) mass is 248 g/mol. The summed E-state index contributed by atoms with van der Waals surface area (Å²) in [5.41, 5.74) is 0.656. The van der Waals surface area contributed by atoms with Crippen LogP contribution in [0.5, 0.6) is 0 Å². The number of ether oxygens (including phenoxy) is 1. The molecule has 0 unspecified atom stereocenters. The highest BCUT2D eigenvalue weighted by Crippen LogP contribution is 2.17. The van der Waals surface area contributed by atoms with Gasteiger partial charge in [0.05, 0.1) is 6.61 Å². The molecule has 0 amide bonds. The van der Waals surface area contributed by atoms with Gasteiger partial charge in [-0.25, -0.2) is 4.79 Å². The molecule has 0 aliphatic heterocycles. The number of ketones is 1. The van der Waals surface area contributed by atoms with Crippen molar-refractivity contribution in [1.29, 1.82) is 0 Å². The molecule has 0 radical (unpaired) electrons. The van der Waals surface area contributed by atoms with E-state index in [-0.39, 0.29) is 23.7 Å². The second-order valence-electron chi connectivity index (χ2n) is 3.59. The SMILES string of the molecule is CCOC(C(=O)O)=C(CC)C(=O)c1ccccc1. The van der Waals surface area contributed by atoms with Gasteiger partial charge in [0.15, 0.2) is 5.78 Å². The van der Waals surface area contributed by atoms with E-state index in [1.54, 1.807) is 44.2 Å². The van der Waals surface area contributed by atoms with Gasteiger partial charge in [-0.1, -0.05) is 37.3 Å². The quantitative estimate of drug-likeness (QED) is 0.477. The molecular weight excluding hydrogens is 232 g/mol. The van der Waals surface area contributed by atoms with Crippen LogP contribution in [-0.2, 0) is 9.53 Å². The summed E-state index contributed by atoms with van der Waals surface area (Å²) < 4.78 is 5.06. The first-order valence-electron chi connectivity index (χ1n) is 5.80. The summed E-state index contributed by atoms with van der Waals surface area (Å²) in [5.74, 6) is -1.77. The van der Waals surface area contributed by atoms with Crippen LogP contribution in [0, 0.1) is 0 Å². The van der Waals surface area contributed by atoms with Crippen molar-refractivity contribution in [2.24, 2.45) is 0 Å². The maximum absolute atomic E-state index is 12.2. The zero-order valence-electron chi connectivity index (χ0n) is 10.5. The first-order chi connectivity index (χ1) is 8.61. The van der Waals surface area contributed by atoms with E-state index in [1.807, 2.05) is 0 Å². The third kappa shape index (κ3) is 3.20. The number of rotatable bonds is 6. The second-order valence-corrected chi connectivity index (χ2v) is 3.59. The van der Waals surface area contributed by atoms with Gasteiger partial charge in [0.25, 0.3) is 0 Å². The molecular formula is C14H16O4. The van der Waals surface area contributed by atoms with E-state index in [0.29, 0.717) is 12.0 Å². The molecule has 4 heteroatoms. The van der Waals surface area contributed by atoms with Crippen molar-refractivity contribution in [3.05, 3.63) is 47.2 Å². The van der Waals surface area contributed by atoms with Crippen molar-refractivity contribution >= 4 is 11.8 Å². The molecule has 0 aliphatic carbocycles. The molecule has 0 bridgehead atoms. The minimum absolute atomic E-state index is 0.190. The highest BCUT2D eigenvalue weighted by molar-refractivity contribution is 6.12. The van der Waals surface area contributed by atoms with Gasteiger partial charge in [-0.3, -0.25) is 4.79 Å². The van der Waals surface area contributed by atoms with Crippen molar-refractivity contribution in [1.82, 2.24) is 0 Å². The topological polar surface area (TPSA) is 63.6 Å². The summed E-state index contributed by atoms with van der Waals surface area (Å²) in [7, 11) is 0. The summed E-state index contributed by atoms with van der Waals surface area (Å²) in [4.78, 5) is 23.3. The van der Waals surface area contributed by atoms with E-state index in [0.717, 1.165) is 0 Å². The number of carboxylic acids is 1. The summed E-state index contributed by atoms with van der Waals surface area (Å²) in [6.07, 6.45) is 0.315. The predicted octanol–water partition coefficient (Wildman–Crippen LogP) is 2.65. The van der Waals surface area contributed by atoms with E-state index in [1.165, 1.54) is 0 Å². The molecule has 96 valence electrons. The molecule has 0 atom stereocenters. The van der Waals surface area contributed by atoms with Crippen LogP contribution in [0.4, 0.5) is 0 Å². The molecule has 18 heavy (non-hydrogen) atoms. The lowest BCUT2D eigenvalue weighted by Gasteiger charge is -2.10. The van der Waals surface area contributed by atoms with Crippen LogP contribution in [-0.4, -0.2) is 23.5 Å². The van der Waals surface area contributed by atoms with Crippen molar-refractivity contribution in [2.45, 2.75) is 20.3 Å². The van der Waals surface area contributed by atoms with Crippen LogP contribution in [0.1, 0.15) is 30.6 Å². The second kappa shape index (κ2) is 6.59. The number of aliphatic carboxylic acids is 1. The minimum atomic E-state index is -1.21. The Morgan fingerprint density at radius 1 is 1.17 bits per heavy atom. The van der Waals surface area contributed by atoms with Crippen molar-refractivity contribution in [3.8, 4) is 0 Å². The molecule has 1 aromatic rings. The van der Waals surface area contributed by atoms with Gasteiger partial charge in [-0.15, -0.1) is 0 Å². The van der Waals surface area contributed by atoms with Crippen molar-refractivity contribution < 1.29 is 19.4 Å². The lowest BCUT2D eigenvalue weighted by molar-refractivity contribution is -0.136. The predicted molar refractivity (Wildman–Crippen MR) is 67.4 cm³/mol. The first kappa shape index (κ1) is 14.0. The van der Waals surface area contributed by atoms with Crippen LogP contribution < -0.4 is 0 Å². The number of hydrogen-bond donors (Lipinski definition) is 1. The van der Waals surface area contributed by atoms with Crippen LogP contribution in [0.3, 0.4) is 0 Å². The Balaban J connectivity index is 3.19. The minimum Gasteiger partial charge on any atom is -0.487 e. The molecule has 1 aromatic carbocycles.